The highest BCUT2D eigenvalue weighted by atomic mass is 16.6. The first-order valence-electron chi connectivity index (χ1n) is 7.46. The van der Waals surface area contributed by atoms with Crippen LogP contribution in [0.2, 0.25) is 0 Å². The predicted molar refractivity (Wildman–Crippen MR) is 88.4 cm³/mol. The van der Waals surface area contributed by atoms with Crippen LogP contribution in [0.3, 0.4) is 0 Å². The van der Waals surface area contributed by atoms with Crippen LogP contribution in [0.25, 0.3) is 11.0 Å². The molecule has 3 rings (SSSR count). The maximum absolute atomic E-state index is 12.3. The number of hydrogen-bond donors (Lipinski definition) is 0. The number of benzene rings is 2. The highest BCUT2D eigenvalue weighted by molar-refractivity contribution is 6.01. The van der Waals surface area contributed by atoms with E-state index >= 15 is 0 Å². The molecular weight excluding hydrogens is 308 g/mol. The van der Waals surface area contributed by atoms with E-state index < -0.39 is 12.1 Å². The molecule has 2 aromatic carbocycles. The van der Waals surface area contributed by atoms with Crippen LogP contribution in [0.4, 0.5) is 0 Å². The molecule has 5 heteroatoms. The summed E-state index contributed by atoms with van der Waals surface area (Å²) in [5.74, 6) is -0.230. The molecule has 24 heavy (non-hydrogen) atoms. The highest BCUT2D eigenvalue weighted by Crippen LogP contribution is 2.20. The van der Waals surface area contributed by atoms with E-state index in [9.17, 15) is 9.59 Å². The van der Waals surface area contributed by atoms with Crippen molar-refractivity contribution in [3.63, 3.8) is 0 Å². The summed E-state index contributed by atoms with van der Waals surface area (Å²) in [5.41, 5.74) is 1.04. The van der Waals surface area contributed by atoms with Crippen LogP contribution in [-0.2, 0) is 4.74 Å². The van der Waals surface area contributed by atoms with Crippen molar-refractivity contribution in [2.45, 2.75) is 13.0 Å². The minimum absolute atomic E-state index is 0.0746. The van der Waals surface area contributed by atoms with Crippen molar-refractivity contribution in [3.05, 3.63) is 65.9 Å². The van der Waals surface area contributed by atoms with Crippen molar-refractivity contribution >= 4 is 22.7 Å². The smallest absolute Gasteiger partial charge is 0.374 e. The molecule has 0 N–H and O–H groups in total. The second-order valence-electron chi connectivity index (χ2n) is 5.29. The van der Waals surface area contributed by atoms with Gasteiger partial charge in [0.2, 0.25) is 11.5 Å². The van der Waals surface area contributed by atoms with Gasteiger partial charge in [-0.15, -0.1) is 0 Å². The van der Waals surface area contributed by atoms with Gasteiger partial charge in [-0.1, -0.05) is 18.2 Å². The molecule has 3 aromatic rings. The zero-order valence-electron chi connectivity index (χ0n) is 13.3. The normalized spacial score (nSPS) is 11.9. The second-order valence-corrected chi connectivity index (χ2v) is 5.29. The molecule has 0 saturated heterocycles. The number of fused-ring (bicyclic) bond motifs is 1. The molecule has 0 unspecified atom stereocenters. The fraction of sp³-hybridized carbons (Fsp3) is 0.158. The minimum Gasteiger partial charge on any atom is -0.497 e. The molecule has 0 aliphatic rings. The Morgan fingerprint density at radius 3 is 2.42 bits per heavy atom. The summed E-state index contributed by atoms with van der Waals surface area (Å²) in [5, 5.41) is 0.804. The Kier molecular flexibility index (Phi) is 4.33. The van der Waals surface area contributed by atoms with Crippen molar-refractivity contribution in [2.75, 3.05) is 7.11 Å². The van der Waals surface area contributed by atoms with Crippen LogP contribution in [0, 0.1) is 0 Å². The third-order valence-corrected chi connectivity index (χ3v) is 3.65. The molecule has 122 valence electrons. The number of furan rings is 1. The molecule has 1 atom stereocenters. The lowest BCUT2D eigenvalue weighted by Gasteiger charge is -2.11. The van der Waals surface area contributed by atoms with Crippen LogP contribution in [0.5, 0.6) is 5.75 Å². The van der Waals surface area contributed by atoms with Gasteiger partial charge in [-0.25, -0.2) is 4.79 Å². The summed E-state index contributed by atoms with van der Waals surface area (Å²) in [7, 11) is 1.55. The number of methoxy groups -OCH3 is 1. The largest absolute Gasteiger partial charge is 0.497 e. The first-order valence-corrected chi connectivity index (χ1v) is 7.46. The zero-order chi connectivity index (χ0) is 17.1. The lowest BCUT2D eigenvalue weighted by atomic mass is 10.1. The fourth-order valence-electron chi connectivity index (χ4n) is 2.34. The van der Waals surface area contributed by atoms with Gasteiger partial charge in [0, 0.05) is 10.9 Å². The van der Waals surface area contributed by atoms with E-state index in [1.807, 2.05) is 18.2 Å². The van der Waals surface area contributed by atoms with Gasteiger partial charge in [0.25, 0.3) is 0 Å². The predicted octanol–water partition coefficient (Wildman–Crippen LogP) is 3.87. The molecule has 0 spiro atoms. The number of carbonyl (C=O) groups is 2. The molecule has 0 aliphatic heterocycles. The van der Waals surface area contributed by atoms with Crippen LogP contribution >= 0.6 is 0 Å². The standard InChI is InChI=1S/C19H16O5/c1-12(18(20)13-7-9-15(22-2)10-8-13)23-19(21)17-11-14-5-3-4-6-16(14)24-17/h3-12H,1-2H3/t12-/m0/s1. The fourth-order valence-corrected chi connectivity index (χ4v) is 2.34. The van der Waals surface area contributed by atoms with E-state index in [4.69, 9.17) is 13.9 Å². The average Bonchev–Trinajstić information content (AvgIpc) is 3.05. The van der Waals surface area contributed by atoms with Gasteiger partial charge < -0.3 is 13.9 Å². The molecule has 0 amide bonds. The SMILES string of the molecule is COc1ccc(C(=O)[C@H](C)OC(=O)c2cc3ccccc3o2)cc1. The summed E-state index contributed by atoms with van der Waals surface area (Å²) in [4.78, 5) is 24.5. The van der Waals surface area contributed by atoms with Crippen LogP contribution in [0.1, 0.15) is 27.8 Å². The average molecular weight is 324 g/mol. The van der Waals surface area contributed by atoms with Crippen molar-refractivity contribution in [3.8, 4) is 5.75 Å². The van der Waals surface area contributed by atoms with E-state index in [-0.39, 0.29) is 11.5 Å². The second kappa shape index (κ2) is 6.58. The molecule has 5 nitrogen and oxygen atoms in total. The number of Topliss-reactive ketones (excluding diaryl/α,β-unsaturated/α-hetero) is 1. The van der Waals surface area contributed by atoms with Crippen LogP contribution < -0.4 is 4.74 Å². The van der Waals surface area contributed by atoms with Crippen molar-refractivity contribution in [1.29, 1.82) is 0 Å². The van der Waals surface area contributed by atoms with Gasteiger partial charge in [-0.2, -0.15) is 0 Å². The lowest BCUT2D eigenvalue weighted by Crippen LogP contribution is -2.24. The topological polar surface area (TPSA) is 65.7 Å². The first kappa shape index (κ1) is 15.8. The minimum atomic E-state index is -0.917. The summed E-state index contributed by atoms with van der Waals surface area (Å²) < 4.78 is 15.7. The van der Waals surface area contributed by atoms with E-state index in [1.165, 1.54) is 6.92 Å². The summed E-state index contributed by atoms with van der Waals surface area (Å²) in [6, 6.07) is 15.5. The van der Waals surface area contributed by atoms with Gasteiger partial charge in [-0.05, 0) is 43.3 Å². The third kappa shape index (κ3) is 3.15. The zero-order valence-corrected chi connectivity index (χ0v) is 13.3. The maximum Gasteiger partial charge on any atom is 0.374 e. The van der Waals surface area contributed by atoms with E-state index in [0.29, 0.717) is 16.9 Å². The Morgan fingerprint density at radius 1 is 1.04 bits per heavy atom. The molecule has 0 saturated carbocycles. The molecular formula is C19H16O5. The van der Waals surface area contributed by atoms with Crippen molar-refractivity contribution in [2.24, 2.45) is 0 Å². The number of para-hydroxylation sites is 1. The van der Waals surface area contributed by atoms with Gasteiger partial charge >= 0.3 is 5.97 Å². The van der Waals surface area contributed by atoms with Gasteiger partial charge in [0.15, 0.2) is 6.10 Å². The van der Waals surface area contributed by atoms with Crippen LogP contribution in [-0.4, -0.2) is 25.0 Å². The number of ether oxygens (including phenoxy) is 2. The number of esters is 1. The molecule has 1 aromatic heterocycles. The van der Waals surface area contributed by atoms with Crippen LogP contribution in [0.15, 0.2) is 59.0 Å². The van der Waals surface area contributed by atoms with Crippen molar-refractivity contribution < 1.29 is 23.5 Å². The van der Waals surface area contributed by atoms with E-state index in [2.05, 4.69) is 0 Å². The number of carbonyl (C=O) groups excluding carboxylic acids is 2. The van der Waals surface area contributed by atoms with E-state index in [0.717, 1.165) is 5.39 Å². The van der Waals surface area contributed by atoms with E-state index in [1.54, 1.807) is 43.5 Å². The number of hydrogen-bond acceptors (Lipinski definition) is 5. The molecule has 0 fully saturated rings. The van der Waals surface area contributed by atoms with Gasteiger partial charge in [0.1, 0.15) is 11.3 Å². The lowest BCUT2D eigenvalue weighted by molar-refractivity contribution is 0.0291. The Labute approximate surface area is 138 Å². The number of ketones is 1. The molecule has 0 aliphatic carbocycles. The molecule has 0 radical (unpaired) electrons. The molecule has 0 bridgehead atoms. The summed E-state index contributed by atoms with van der Waals surface area (Å²) >= 11 is 0. The Morgan fingerprint density at radius 2 is 1.75 bits per heavy atom. The first-order chi connectivity index (χ1) is 11.6. The summed E-state index contributed by atoms with van der Waals surface area (Å²) in [6.07, 6.45) is -0.917. The Bertz CT molecular complexity index is 843. The van der Waals surface area contributed by atoms with Gasteiger partial charge in [0.05, 0.1) is 7.11 Å². The third-order valence-electron chi connectivity index (χ3n) is 3.65. The molecule has 1 heterocycles. The van der Waals surface area contributed by atoms with Crippen molar-refractivity contribution in [1.82, 2.24) is 0 Å². The monoisotopic (exact) mass is 324 g/mol. The Balaban J connectivity index is 1.71. The Hall–Kier alpha value is -3.08. The maximum atomic E-state index is 12.3. The number of rotatable bonds is 5. The summed E-state index contributed by atoms with van der Waals surface area (Å²) in [6.45, 7) is 1.53. The van der Waals surface area contributed by atoms with Gasteiger partial charge in [-0.3, -0.25) is 4.79 Å². The highest BCUT2D eigenvalue weighted by Gasteiger charge is 2.22. The quantitative estimate of drug-likeness (QED) is 0.526.